The fraction of sp³-hybridized carbons (Fsp3) is 0.400. The molecule has 1 N–H and O–H groups in total. The van der Waals surface area contributed by atoms with Crippen molar-refractivity contribution in [3.8, 4) is 5.95 Å². The molecule has 7 heteroatoms. The van der Waals surface area contributed by atoms with Crippen molar-refractivity contribution in [2.75, 3.05) is 18.1 Å². The van der Waals surface area contributed by atoms with Gasteiger partial charge in [-0.3, -0.25) is 0 Å². The number of hydrogen-bond acceptors (Lipinski definition) is 6. The number of nitrogens with zero attached hydrogens (tertiary/aromatic N) is 5. The Kier molecular flexibility index (Phi) is 3.92. The van der Waals surface area contributed by atoms with Gasteiger partial charge in [-0.2, -0.15) is 20.1 Å². The van der Waals surface area contributed by atoms with Gasteiger partial charge in [0.1, 0.15) is 0 Å². The smallest absolute Gasteiger partial charge is 0.256 e. The largest absolute Gasteiger partial charge is 0.354 e. The molecule has 0 atom stereocenters. The zero-order chi connectivity index (χ0) is 12.1. The fourth-order valence-corrected chi connectivity index (χ4v) is 1.59. The Labute approximate surface area is 104 Å². The molecule has 0 fully saturated rings. The van der Waals surface area contributed by atoms with Crippen molar-refractivity contribution in [1.82, 2.24) is 24.7 Å². The van der Waals surface area contributed by atoms with Crippen LogP contribution in [-0.4, -0.2) is 37.5 Å². The Morgan fingerprint density at radius 3 is 2.88 bits per heavy atom. The second-order valence-corrected chi connectivity index (χ2v) is 4.10. The predicted octanol–water partition coefficient (Wildman–Crippen LogP) is 1.60. The number of nitrogens with one attached hydrogen (secondary N) is 1. The van der Waals surface area contributed by atoms with Gasteiger partial charge in [-0.1, -0.05) is 18.7 Å². The second kappa shape index (κ2) is 5.62. The minimum absolute atomic E-state index is 0.535. The summed E-state index contributed by atoms with van der Waals surface area (Å²) < 4.78 is 1.62. The number of hydrogen-bond donors (Lipinski definition) is 1. The Bertz CT molecular complexity index is 470. The number of rotatable bonds is 5. The summed E-state index contributed by atoms with van der Waals surface area (Å²) in [7, 11) is 0. The van der Waals surface area contributed by atoms with E-state index in [1.165, 1.54) is 11.8 Å². The molecule has 0 aromatic carbocycles. The van der Waals surface area contributed by atoms with Gasteiger partial charge >= 0.3 is 0 Å². The lowest BCUT2D eigenvalue weighted by Gasteiger charge is -2.06. The van der Waals surface area contributed by atoms with E-state index in [1.54, 1.807) is 10.9 Å². The van der Waals surface area contributed by atoms with E-state index in [2.05, 4.69) is 32.3 Å². The molecule has 2 aromatic rings. The van der Waals surface area contributed by atoms with Crippen LogP contribution in [0.1, 0.15) is 13.3 Å². The first-order valence-electron chi connectivity index (χ1n) is 5.37. The molecule has 0 unspecified atom stereocenters. The van der Waals surface area contributed by atoms with Crippen LogP contribution >= 0.6 is 11.8 Å². The normalized spacial score (nSPS) is 10.5. The molecule has 0 aliphatic carbocycles. The third-order valence-corrected chi connectivity index (χ3v) is 2.58. The van der Waals surface area contributed by atoms with E-state index in [9.17, 15) is 0 Å². The Balaban J connectivity index is 2.32. The quantitative estimate of drug-likeness (QED) is 0.813. The maximum absolute atomic E-state index is 4.32. The Morgan fingerprint density at radius 2 is 2.24 bits per heavy atom. The van der Waals surface area contributed by atoms with Crippen LogP contribution in [0.15, 0.2) is 23.6 Å². The fourth-order valence-electron chi connectivity index (χ4n) is 1.24. The SMILES string of the molecule is CCCNc1nc(SC)nc(-n2cccn2)n1. The zero-order valence-electron chi connectivity index (χ0n) is 9.79. The van der Waals surface area contributed by atoms with Crippen molar-refractivity contribution in [2.24, 2.45) is 0 Å². The molecule has 2 aromatic heterocycles. The Morgan fingerprint density at radius 1 is 1.35 bits per heavy atom. The molecule has 17 heavy (non-hydrogen) atoms. The molecule has 0 bridgehead atoms. The van der Waals surface area contributed by atoms with Crippen LogP contribution in [0.2, 0.25) is 0 Å². The highest BCUT2D eigenvalue weighted by molar-refractivity contribution is 7.98. The second-order valence-electron chi connectivity index (χ2n) is 3.32. The third-order valence-electron chi connectivity index (χ3n) is 2.03. The lowest BCUT2D eigenvalue weighted by Crippen LogP contribution is -2.10. The molecule has 90 valence electrons. The highest BCUT2D eigenvalue weighted by Crippen LogP contribution is 2.12. The van der Waals surface area contributed by atoms with Gasteiger partial charge in [-0.05, 0) is 18.7 Å². The molecule has 0 aliphatic rings. The van der Waals surface area contributed by atoms with Crippen molar-refractivity contribution in [3.63, 3.8) is 0 Å². The molecule has 0 spiro atoms. The van der Waals surface area contributed by atoms with Crippen molar-refractivity contribution in [2.45, 2.75) is 18.5 Å². The van der Waals surface area contributed by atoms with Crippen molar-refractivity contribution < 1.29 is 0 Å². The van der Waals surface area contributed by atoms with Crippen LogP contribution in [-0.2, 0) is 0 Å². The maximum atomic E-state index is 4.32. The summed E-state index contributed by atoms with van der Waals surface area (Å²) in [6, 6.07) is 1.84. The predicted molar refractivity (Wildman–Crippen MR) is 67.5 cm³/mol. The van der Waals surface area contributed by atoms with Gasteiger partial charge in [0.05, 0.1) is 0 Å². The summed E-state index contributed by atoms with van der Waals surface area (Å²) in [5, 5.41) is 7.95. The van der Waals surface area contributed by atoms with Gasteiger partial charge in [0.2, 0.25) is 5.95 Å². The number of thioether (sulfide) groups is 1. The van der Waals surface area contributed by atoms with Crippen LogP contribution in [0.25, 0.3) is 5.95 Å². The monoisotopic (exact) mass is 250 g/mol. The first-order valence-corrected chi connectivity index (χ1v) is 6.60. The summed E-state index contributed by atoms with van der Waals surface area (Å²) >= 11 is 1.48. The third kappa shape index (κ3) is 2.94. The number of anilines is 1. The standard InChI is InChI=1S/C10H14N6S/c1-3-5-11-8-13-9(15-10(14-8)17-2)16-7-4-6-12-16/h4,6-7H,3,5H2,1-2H3,(H,11,13,14,15). The van der Waals surface area contributed by atoms with E-state index < -0.39 is 0 Å². The molecular weight excluding hydrogens is 236 g/mol. The average molecular weight is 250 g/mol. The van der Waals surface area contributed by atoms with Crippen LogP contribution in [0.5, 0.6) is 0 Å². The lowest BCUT2D eigenvalue weighted by molar-refractivity contribution is 0.758. The highest BCUT2D eigenvalue weighted by atomic mass is 32.2. The van der Waals surface area contributed by atoms with Gasteiger partial charge in [-0.15, -0.1) is 0 Å². The van der Waals surface area contributed by atoms with Crippen LogP contribution in [0, 0.1) is 0 Å². The van der Waals surface area contributed by atoms with Crippen molar-refractivity contribution in [1.29, 1.82) is 0 Å². The first kappa shape index (κ1) is 11.8. The molecule has 2 rings (SSSR count). The summed E-state index contributed by atoms with van der Waals surface area (Å²) in [6.07, 6.45) is 6.47. The minimum atomic E-state index is 0.535. The van der Waals surface area contributed by atoms with Gasteiger partial charge < -0.3 is 5.32 Å². The molecule has 6 nitrogen and oxygen atoms in total. The van der Waals surface area contributed by atoms with Crippen LogP contribution in [0.4, 0.5) is 5.95 Å². The molecule has 0 amide bonds. The van der Waals surface area contributed by atoms with E-state index in [0.29, 0.717) is 17.1 Å². The van der Waals surface area contributed by atoms with Gasteiger partial charge in [-0.25, -0.2) is 4.68 Å². The zero-order valence-corrected chi connectivity index (χ0v) is 10.6. The van der Waals surface area contributed by atoms with E-state index >= 15 is 0 Å². The molecule has 0 aliphatic heterocycles. The lowest BCUT2D eigenvalue weighted by atomic mass is 10.5. The van der Waals surface area contributed by atoms with E-state index in [1.807, 2.05) is 18.5 Å². The molecule has 2 heterocycles. The molecule has 0 saturated carbocycles. The summed E-state index contributed by atoms with van der Waals surface area (Å²) in [5.74, 6) is 1.13. The molecular formula is C10H14N6S. The molecule has 0 radical (unpaired) electrons. The number of aromatic nitrogens is 5. The van der Waals surface area contributed by atoms with Gasteiger partial charge in [0.15, 0.2) is 5.16 Å². The summed E-state index contributed by atoms with van der Waals surface area (Å²) in [5.41, 5.74) is 0. The van der Waals surface area contributed by atoms with Gasteiger partial charge in [0, 0.05) is 18.9 Å². The van der Waals surface area contributed by atoms with Crippen LogP contribution < -0.4 is 5.32 Å². The minimum Gasteiger partial charge on any atom is -0.354 e. The molecule has 0 saturated heterocycles. The maximum Gasteiger partial charge on any atom is 0.256 e. The van der Waals surface area contributed by atoms with E-state index in [-0.39, 0.29) is 0 Å². The van der Waals surface area contributed by atoms with Gasteiger partial charge in [0.25, 0.3) is 5.95 Å². The van der Waals surface area contributed by atoms with E-state index in [4.69, 9.17) is 0 Å². The van der Waals surface area contributed by atoms with Crippen molar-refractivity contribution >= 4 is 17.7 Å². The van der Waals surface area contributed by atoms with Crippen molar-refractivity contribution in [3.05, 3.63) is 18.5 Å². The topological polar surface area (TPSA) is 68.5 Å². The first-order chi connectivity index (χ1) is 8.33. The highest BCUT2D eigenvalue weighted by Gasteiger charge is 2.07. The summed E-state index contributed by atoms with van der Waals surface area (Å²) in [4.78, 5) is 12.9. The summed E-state index contributed by atoms with van der Waals surface area (Å²) in [6.45, 7) is 2.94. The van der Waals surface area contributed by atoms with Crippen LogP contribution in [0.3, 0.4) is 0 Å². The van der Waals surface area contributed by atoms with E-state index in [0.717, 1.165) is 13.0 Å². The average Bonchev–Trinajstić information content (AvgIpc) is 2.89. The Hall–Kier alpha value is -1.63.